The van der Waals surface area contributed by atoms with Crippen molar-refractivity contribution in [2.45, 2.75) is 32.4 Å². The Morgan fingerprint density at radius 3 is 2.11 bits per heavy atom. The predicted molar refractivity (Wildman–Crippen MR) is 99.0 cm³/mol. The van der Waals surface area contributed by atoms with Gasteiger partial charge in [-0.05, 0) is 12.5 Å². The van der Waals surface area contributed by atoms with E-state index in [1.807, 2.05) is 30.3 Å². The van der Waals surface area contributed by atoms with Crippen molar-refractivity contribution in [3.8, 4) is 0 Å². The second kappa shape index (κ2) is 11.3. The summed E-state index contributed by atoms with van der Waals surface area (Å²) in [5.74, 6) is -3.43. The molecule has 0 unspecified atom stereocenters. The molecule has 0 aliphatic carbocycles. The van der Waals surface area contributed by atoms with E-state index in [0.29, 0.717) is 0 Å². The second-order valence-electron chi connectivity index (χ2n) is 6.06. The Labute approximate surface area is 162 Å². The van der Waals surface area contributed by atoms with Crippen LogP contribution in [0.15, 0.2) is 30.3 Å². The number of carboxylic acid groups (broad SMARTS) is 1. The average Bonchev–Trinajstić information content (AvgIpc) is 2.64. The van der Waals surface area contributed by atoms with Crippen LogP contribution >= 0.6 is 0 Å². The summed E-state index contributed by atoms with van der Waals surface area (Å²) in [5.41, 5.74) is 0.838. The molecular weight excluding hydrogens is 368 g/mol. The lowest BCUT2D eigenvalue weighted by Gasteiger charge is -2.17. The molecule has 0 spiro atoms. The summed E-state index contributed by atoms with van der Waals surface area (Å²) >= 11 is 0. The summed E-state index contributed by atoms with van der Waals surface area (Å²) in [6.07, 6.45) is 0.253. The van der Waals surface area contributed by atoms with Gasteiger partial charge in [0.2, 0.25) is 23.6 Å². The van der Waals surface area contributed by atoms with Crippen LogP contribution in [0.4, 0.5) is 0 Å². The van der Waals surface area contributed by atoms with Crippen molar-refractivity contribution in [2.75, 3.05) is 13.1 Å². The minimum atomic E-state index is -1.20. The van der Waals surface area contributed by atoms with Crippen molar-refractivity contribution in [3.63, 3.8) is 0 Å². The zero-order chi connectivity index (χ0) is 21.1. The van der Waals surface area contributed by atoms with Crippen LogP contribution in [0.5, 0.6) is 0 Å². The zero-order valence-corrected chi connectivity index (χ0v) is 15.7. The third kappa shape index (κ3) is 8.79. The topological polar surface area (TPSA) is 154 Å². The van der Waals surface area contributed by atoms with E-state index in [4.69, 9.17) is 5.11 Å². The number of hydrogen-bond donors (Lipinski definition) is 5. The Bertz CT molecular complexity index is 722. The van der Waals surface area contributed by atoms with Crippen LogP contribution in [0.1, 0.15) is 19.4 Å². The number of benzene rings is 1. The molecule has 1 aromatic rings. The lowest BCUT2D eigenvalue weighted by Crippen LogP contribution is -2.50. The first-order chi connectivity index (χ1) is 13.2. The Morgan fingerprint density at radius 2 is 1.54 bits per heavy atom. The molecular formula is C18H24N4O6. The molecule has 152 valence electrons. The second-order valence-corrected chi connectivity index (χ2v) is 6.06. The van der Waals surface area contributed by atoms with Gasteiger partial charge < -0.3 is 26.4 Å². The number of hydrogen-bond acceptors (Lipinski definition) is 5. The van der Waals surface area contributed by atoms with Crippen molar-refractivity contribution in [3.05, 3.63) is 35.9 Å². The van der Waals surface area contributed by atoms with Crippen molar-refractivity contribution >= 4 is 29.6 Å². The van der Waals surface area contributed by atoms with Gasteiger partial charge in [-0.2, -0.15) is 0 Å². The van der Waals surface area contributed by atoms with Gasteiger partial charge in [0.05, 0.1) is 13.1 Å². The Morgan fingerprint density at radius 1 is 0.929 bits per heavy atom. The number of aliphatic carboxylic acids is 1. The number of carboxylic acids is 1. The van der Waals surface area contributed by atoms with E-state index >= 15 is 0 Å². The van der Waals surface area contributed by atoms with E-state index in [9.17, 15) is 24.0 Å². The highest BCUT2D eigenvalue weighted by Crippen LogP contribution is 2.03. The first-order valence-corrected chi connectivity index (χ1v) is 8.56. The van der Waals surface area contributed by atoms with Crippen molar-refractivity contribution in [1.29, 1.82) is 0 Å². The molecule has 0 saturated carbocycles. The molecule has 2 atom stereocenters. The summed E-state index contributed by atoms with van der Waals surface area (Å²) in [5, 5.41) is 18.1. The van der Waals surface area contributed by atoms with E-state index in [1.165, 1.54) is 13.8 Å². The molecule has 0 radical (unpaired) electrons. The summed E-state index contributed by atoms with van der Waals surface area (Å²) in [4.78, 5) is 57.6. The molecule has 0 heterocycles. The fourth-order valence-electron chi connectivity index (χ4n) is 2.19. The van der Waals surface area contributed by atoms with Crippen LogP contribution in [0, 0.1) is 0 Å². The van der Waals surface area contributed by atoms with Crippen molar-refractivity contribution < 1.29 is 29.1 Å². The molecule has 10 nitrogen and oxygen atoms in total. The van der Waals surface area contributed by atoms with Crippen molar-refractivity contribution in [2.24, 2.45) is 0 Å². The maximum atomic E-state index is 12.3. The monoisotopic (exact) mass is 392 g/mol. The number of carbonyl (C=O) groups is 5. The first-order valence-electron chi connectivity index (χ1n) is 8.56. The van der Waals surface area contributed by atoms with Gasteiger partial charge in [0.15, 0.2) is 0 Å². The van der Waals surface area contributed by atoms with E-state index in [2.05, 4.69) is 21.3 Å². The normalized spacial score (nSPS) is 12.2. The molecule has 10 heteroatoms. The summed E-state index contributed by atoms with van der Waals surface area (Å²) in [6, 6.07) is 7.13. The van der Waals surface area contributed by atoms with E-state index in [0.717, 1.165) is 5.56 Å². The minimum Gasteiger partial charge on any atom is -0.480 e. The van der Waals surface area contributed by atoms with Gasteiger partial charge in [0.1, 0.15) is 12.1 Å². The van der Waals surface area contributed by atoms with E-state index in [-0.39, 0.29) is 12.3 Å². The molecule has 0 aliphatic rings. The van der Waals surface area contributed by atoms with E-state index < -0.39 is 48.9 Å². The standard InChI is InChI=1S/C18H24N4O6/c1-11(18(27)28)21-16(25)10-19-15(24)9-20-17(26)14(22-12(2)23)8-13-6-4-3-5-7-13/h3-7,11,14H,8-10H2,1-2H3,(H,19,24)(H,20,26)(H,21,25)(H,22,23)(H,27,28)/t11-,14-/m0/s1. The summed E-state index contributed by atoms with van der Waals surface area (Å²) < 4.78 is 0. The quantitative estimate of drug-likeness (QED) is 0.328. The van der Waals surface area contributed by atoms with Crippen LogP contribution < -0.4 is 21.3 Å². The summed E-state index contributed by atoms with van der Waals surface area (Å²) in [7, 11) is 0. The van der Waals surface area contributed by atoms with Crippen molar-refractivity contribution in [1.82, 2.24) is 21.3 Å². The molecule has 0 fully saturated rings. The molecule has 0 bridgehead atoms. The van der Waals surface area contributed by atoms with Gasteiger partial charge in [-0.1, -0.05) is 30.3 Å². The van der Waals surface area contributed by atoms with Gasteiger partial charge >= 0.3 is 5.97 Å². The predicted octanol–water partition coefficient (Wildman–Crippen LogP) is -1.44. The van der Waals surface area contributed by atoms with Crippen LogP contribution in [-0.2, 0) is 30.4 Å². The largest absolute Gasteiger partial charge is 0.480 e. The fourth-order valence-corrected chi connectivity index (χ4v) is 2.19. The molecule has 0 saturated heterocycles. The lowest BCUT2D eigenvalue weighted by atomic mass is 10.1. The highest BCUT2D eigenvalue weighted by molar-refractivity contribution is 5.92. The van der Waals surface area contributed by atoms with Gasteiger partial charge in [0.25, 0.3) is 0 Å². The Kier molecular flexibility index (Phi) is 9.14. The third-order valence-electron chi connectivity index (χ3n) is 3.59. The molecule has 28 heavy (non-hydrogen) atoms. The molecule has 1 rings (SSSR count). The molecule has 1 aromatic carbocycles. The van der Waals surface area contributed by atoms with Gasteiger partial charge in [-0.25, -0.2) is 0 Å². The fraction of sp³-hybridized carbons (Fsp3) is 0.389. The zero-order valence-electron chi connectivity index (χ0n) is 15.7. The Hall–Kier alpha value is -3.43. The smallest absolute Gasteiger partial charge is 0.325 e. The van der Waals surface area contributed by atoms with Crippen LogP contribution in [0.25, 0.3) is 0 Å². The number of nitrogens with one attached hydrogen (secondary N) is 4. The van der Waals surface area contributed by atoms with Gasteiger partial charge in [-0.3, -0.25) is 24.0 Å². The molecule has 0 aliphatic heterocycles. The SMILES string of the molecule is CC(=O)N[C@@H](Cc1ccccc1)C(=O)NCC(=O)NCC(=O)N[C@@H](C)C(=O)O. The average molecular weight is 392 g/mol. The lowest BCUT2D eigenvalue weighted by molar-refractivity contribution is -0.141. The molecule has 4 amide bonds. The highest BCUT2D eigenvalue weighted by atomic mass is 16.4. The maximum absolute atomic E-state index is 12.3. The van der Waals surface area contributed by atoms with Crippen LogP contribution in [0.3, 0.4) is 0 Å². The van der Waals surface area contributed by atoms with E-state index in [1.54, 1.807) is 0 Å². The molecule has 5 N–H and O–H groups in total. The van der Waals surface area contributed by atoms with Gasteiger partial charge in [0, 0.05) is 13.3 Å². The number of carbonyl (C=O) groups excluding carboxylic acids is 4. The minimum absolute atomic E-state index is 0.253. The third-order valence-corrected chi connectivity index (χ3v) is 3.59. The number of rotatable bonds is 10. The van der Waals surface area contributed by atoms with Crippen LogP contribution in [0.2, 0.25) is 0 Å². The Balaban J connectivity index is 2.47. The number of amides is 4. The first kappa shape index (κ1) is 22.6. The van der Waals surface area contributed by atoms with Crippen LogP contribution in [-0.4, -0.2) is 59.9 Å². The summed E-state index contributed by atoms with van der Waals surface area (Å²) in [6.45, 7) is 1.75. The molecule has 0 aromatic heterocycles. The van der Waals surface area contributed by atoms with Gasteiger partial charge in [-0.15, -0.1) is 0 Å². The highest BCUT2D eigenvalue weighted by Gasteiger charge is 2.20. The maximum Gasteiger partial charge on any atom is 0.325 e.